The second kappa shape index (κ2) is 6.58. The van der Waals surface area contributed by atoms with Crippen molar-refractivity contribution in [1.29, 1.82) is 0 Å². The molecule has 1 rings (SSSR count). The third-order valence-corrected chi connectivity index (χ3v) is 2.21. The molecule has 1 aromatic rings. The van der Waals surface area contributed by atoms with E-state index >= 15 is 0 Å². The van der Waals surface area contributed by atoms with Gasteiger partial charge in [-0.1, -0.05) is 13.8 Å². The second-order valence-electron chi connectivity index (χ2n) is 4.44. The molecule has 1 unspecified atom stereocenters. The van der Waals surface area contributed by atoms with E-state index in [1.807, 2.05) is 12.4 Å². The van der Waals surface area contributed by atoms with Crippen LogP contribution in [0, 0.1) is 5.92 Å². The summed E-state index contributed by atoms with van der Waals surface area (Å²) in [6.07, 6.45) is 3.77. The zero-order valence-corrected chi connectivity index (χ0v) is 9.88. The van der Waals surface area contributed by atoms with E-state index in [-0.39, 0.29) is 0 Å². The predicted octanol–water partition coefficient (Wildman–Crippen LogP) is 1.13. The fraction of sp³-hybridized carbons (Fsp3) is 0.727. The molecule has 4 nitrogen and oxygen atoms in total. The van der Waals surface area contributed by atoms with Crippen LogP contribution in [0.15, 0.2) is 12.4 Å². The normalized spacial score (nSPS) is 13.3. The van der Waals surface area contributed by atoms with Gasteiger partial charge in [0.2, 0.25) is 0 Å². The highest BCUT2D eigenvalue weighted by atomic mass is 15.1. The molecule has 1 aromatic heterocycles. The molecule has 4 heteroatoms. The first-order valence-electron chi connectivity index (χ1n) is 5.60. The maximum absolute atomic E-state index is 3.90. The van der Waals surface area contributed by atoms with E-state index in [9.17, 15) is 0 Å². The summed E-state index contributed by atoms with van der Waals surface area (Å²) < 4.78 is 0. The Labute approximate surface area is 91.8 Å². The molecule has 0 bridgehead atoms. The largest absolute Gasteiger partial charge is 0.315 e. The molecule has 0 aliphatic heterocycles. The maximum atomic E-state index is 3.90. The highest BCUT2D eigenvalue weighted by Gasteiger charge is 2.01. The van der Waals surface area contributed by atoms with Gasteiger partial charge in [-0.3, -0.25) is 5.10 Å². The molecule has 1 atom stereocenters. The Morgan fingerprint density at radius 1 is 1.33 bits per heavy atom. The van der Waals surface area contributed by atoms with Crippen molar-refractivity contribution in [3.05, 3.63) is 18.0 Å². The SMILES string of the molecule is CC(C)CNCC(C)NCc1cn[nH]c1. The molecule has 0 saturated carbocycles. The zero-order chi connectivity index (χ0) is 11.1. The molecule has 0 aromatic carbocycles. The molecule has 15 heavy (non-hydrogen) atoms. The summed E-state index contributed by atoms with van der Waals surface area (Å²) in [6, 6.07) is 0.485. The number of nitrogens with zero attached hydrogens (tertiary/aromatic N) is 1. The van der Waals surface area contributed by atoms with Gasteiger partial charge in [0.1, 0.15) is 0 Å². The summed E-state index contributed by atoms with van der Waals surface area (Å²) in [5.74, 6) is 0.714. The van der Waals surface area contributed by atoms with Crippen LogP contribution in [-0.2, 0) is 6.54 Å². The maximum Gasteiger partial charge on any atom is 0.0532 e. The van der Waals surface area contributed by atoms with Gasteiger partial charge in [0.15, 0.2) is 0 Å². The average Bonchev–Trinajstić information content (AvgIpc) is 2.66. The summed E-state index contributed by atoms with van der Waals surface area (Å²) in [6.45, 7) is 9.59. The van der Waals surface area contributed by atoms with Crippen LogP contribution in [0.5, 0.6) is 0 Å². The minimum atomic E-state index is 0.485. The van der Waals surface area contributed by atoms with Gasteiger partial charge in [-0.05, 0) is 19.4 Å². The van der Waals surface area contributed by atoms with E-state index < -0.39 is 0 Å². The minimum Gasteiger partial charge on any atom is -0.315 e. The summed E-state index contributed by atoms with van der Waals surface area (Å²) in [7, 11) is 0. The van der Waals surface area contributed by atoms with Crippen LogP contribution < -0.4 is 10.6 Å². The molecule has 0 saturated heterocycles. The van der Waals surface area contributed by atoms with E-state index in [0.29, 0.717) is 12.0 Å². The standard InChI is InChI=1S/C11H22N4/c1-9(2)4-12-5-10(3)13-6-11-7-14-15-8-11/h7-10,12-13H,4-6H2,1-3H3,(H,14,15). The van der Waals surface area contributed by atoms with Crippen molar-refractivity contribution in [1.82, 2.24) is 20.8 Å². The van der Waals surface area contributed by atoms with Gasteiger partial charge in [0, 0.05) is 30.9 Å². The topological polar surface area (TPSA) is 52.7 Å². The first kappa shape index (κ1) is 12.2. The van der Waals surface area contributed by atoms with Crippen LogP contribution >= 0.6 is 0 Å². The molecular weight excluding hydrogens is 188 g/mol. The number of hydrogen-bond acceptors (Lipinski definition) is 3. The predicted molar refractivity (Wildman–Crippen MR) is 62.6 cm³/mol. The summed E-state index contributed by atoms with van der Waals surface area (Å²) in [4.78, 5) is 0. The van der Waals surface area contributed by atoms with Crippen molar-refractivity contribution in [2.45, 2.75) is 33.4 Å². The Hall–Kier alpha value is -0.870. The average molecular weight is 210 g/mol. The van der Waals surface area contributed by atoms with Crippen LogP contribution in [-0.4, -0.2) is 29.3 Å². The Kier molecular flexibility index (Phi) is 5.36. The number of nitrogens with one attached hydrogen (secondary N) is 3. The highest BCUT2D eigenvalue weighted by Crippen LogP contribution is 1.93. The molecule has 0 spiro atoms. The number of H-pyrrole nitrogens is 1. The van der Waals surface area contributed by atoms with Gasteiger partial charge in [-0.15, -0.1) is 0 Å². The highest BCUT2D eigenvalue weighted by molar-refractivity contribution is 5.01. The van der Waals surface area contributed by atoms with E-state index in [2.05, 4.69) is 41.6 Å². The lowest BCUT2D eigenvalue weighted by molar-refractivity contribution is 0.472. The van der Waals surface area contributed by atoms with Gasteiger partial charge in [-0.25, -0.2) is 0 Å². The van der Waals surface area contributed by atoms with Crippen LogP contribution in [0.3, 0.4) is 0 Å². The second-order valence-corrected chi connectivity index (χ2v) is 4.44. The number of hydrogen-bond donors (Lipinski definition) is 3. The zero-order valence-electron chi connectivity index (χ0n) is 9.88. The lowest BCUT2D eigenvalue weighted by atomic mass is 10.2. The summed E-state index contributed by atoms with van der Waals surface area (Å²) in [5.41, 5.74) is 1.20. The van der Waals surface area contributed by atoms with Gasteiger partial charge in [0.05, 0.1) is 6.20 Å². The van der Waals surface area contributed by atoms with Gasteiger partial charge >= 0.3 is 0 Å². The molecule has 3 N–H and O–H groups in total. The van der Waals surface area contributed by atoms with Gasteiger partial charge in [-0.2, -0.15) is 5.10 Å². The monoisotopic (exact) mass is 210 g/mol. The first-order valence-corrected chi connectivity index (χ1v) is 5.60. The summed E-state index contributed by atoms with van der Waals surface area (Å²) in [5, 5.41) is 13.6. The van der Waals surface area contributed by atoms with E-state index in [1.54, 1.807) is 0 Å². The molecule has 86 valence electrons. The van der Waals surface area contributed by atoms with Crippen LogP contribution in [0.4, 0.5) is 0 Å². The number of aromatic nitrogens is 2. The van der Waals surface area contributed by atoms with Crippen molar-refractivity contribution >= 4 is 0 Å². The van der Waals surface area contributed by atoms with Crippen molar-refractivity contribution < 1.29 is 0 Å². The Bertz CT molecular complexity index is 243. The lowest BCUT2D eigenvalue weighted by Crippen LogP contribution is -2.37. The fourth-order valence-corrected chi connectivity index (χ4v) is 1.33. The number of rotatable bonds is 7. The molecule has 0 amide bonds. The van der Waals surface area contributed by atoms with E-state index in [1.165, 1.54) is 5.56 Å². The van der Waals surface area contributed by atoms with Gasteiger partial charge in [0.25, 0.3) is 0 Å². The van der Waals surface area contributed by atoms with E-state index in [0.717, 1.165) is 19.6 Å². The van der Waals surface area contributed by atoms with Crippen LogP contribution in [0.25, 0.3) is 0 Å². The smallest absolute Gasteiger partial charge is 0.0532 e. The number of aromatic amines is 1. The molecular formula is C11H22N4. The Morgan fingerprint density at radius 2 is 2.13 bits per heavy atom. The first-order chi connectivity index (χ1) is 7.18. The Balaban J connectivity index is 2.06. The van der Waals surface area contributed by atoms with Crippen molar-refractivity contribution in [3.63, 3.8) is 0 Å². The lowest BCUT2D eigenvalue weighted by Gasteiger charge is -2.15. The third-order valence-electron chi connectivity index (χ3n) is 2.21. The quantitative estimate of drug-likeness (QED) is 0.632. The Morgan fingerprint density at radius 3 is 2.73 bits per heavy atom. The van der Waals surface area contributed by atoms with Crippen molar-refractivity contribution in [2.24, 2.45) is 5.92 Å². The molecule has 1 heterocycles. The molecule has 0 fully saturated rings. The van der Waals surface area contributed by atoms with E-state index in [4.69, 9.17) is 0 Å². The van der Waals surface area contributed by atoms with Crippen LogP contribution in [0.1, 0.15) is 26.3 Å². The van der Waals surface area contributed by atoms with Crippen molar-refractivity contribution in [3.8, 4) is 0 Å². The molecule has 0 radical (unpaired) electrons. The van der Waals surface area contributed by atoms with Crippen LogP contribution in [0.2, 0.25) is 0 Å². The fourth-order valence-electron chi connectivity index (χ4n) is 1.33. The van der Waals surface area contributed by atoms with Crippen molar-refractivity contribution in [2.75, 3.05) is 13.1 Å². The summed E-state index contributed by atoms with van der Waals surface area (Å²) >= 11 is 0. The molecule has 0 aliphatic carbocycles. The minimum absolute atomic E-state index is 0.485. The third kappa shape index (κ3) is 5.54. The molecule has 0 aliphatic rings. The van der Waals surface area contributed by atoms with Gasteiger partial charge < -0.3 is 10.6 Å².